The SMILES string of the molecule is CCCCC/C=C\C/C=C\C/C=C\CCCCCCCCC(=O)NC(COC1OC(CO)C(O)C(O)C1O)C(O)/C=C/CC/C=C/CC/C=C/CCCCCCCCCCC. The average molecular weight is 858 g/mol. The summed E-state index contributed by atoms with van der Waals surface area (Å²) in [5, 5.41) is 54.3. The van der Waals surface area contributed by atoms with Crippen LogP contribution in [0.3, 0.4) is 0 Å². The van der Waals surface area contributed by atoms with Crippen LogP contribution in [0.15, 0.2) is 72.9 Å². The minimum atomic E-state index is -1.58. The number of allylic oxidation sites excluding steroid dienone is 11. The molecule has 1 amide bonds. The van der Waals surface area contributed by atoms with Gasteiger partial charge in [-0.05, 0) is 83.5 Å². The normalized spacial score (nSPS) is 21.1. The van der Waals surface area contributed by atoms with E-state index in [0.29, 0.717) is 6.42 Å². The van der Waals surface area contributed by atoms with E-state index in [0.717, 1.165) is 89.9 Å². The largest absolute Gasteiger partial charge is 0.394 e. The molecule has 9 heteroatoms. The molecule has 1 rings (SSSR count). The lowest BCUT2D eigenvalue weighted by atomic mass is 9.99. The molecule has 0 aliphatic carbocycles. The lowest BCUT2D eigenvalue weighted by Crippen LogP contribution is -2.60. The molecule has 1 aliphatic heterocycles. The second-order valence-electron chi connectivity index (χ2n) is 16.9. The molecule has 0 spiro atoms. The third kappa shape index (κ3) is 32.0. The summed E-state index contributed by atoms with van der Waals surface area (Å²) < 4.78 is 11.2. The summed E-state index contributed by atoms with van der Waals surface area (Å²) in [4.78, 5) is 13.0. The summed E-state index contributed by atoms with van der Waals surface area (Å²) in [5.41, 5.74) is 0. The van der Waals surface area contributed by atoms with E-state index in [1.165, 1.54) is 83.5 Å². The van der Waals surface area contributed by atoms with Crippen LogP contribution < -0.4 is 5.32 Å². The molecule has 0 saturated carbocycles. The molecule has 61 heavy (non-hydrogen) atoms. The molecule has 0 bridgehead atoms. The molecule has 7 atom stereocenters. The molecule has 7 unspecified atom stereocenters. The smallest absolute Gasteiger partial charge is 0.220 e. The molecule has 352 valence electrons. The number of nitrogens with one attached hydrogen (secondary N) is 1. The van der Waals surface area contributed by atoms with Gasteiger partial charge < -0.3 is 40.3 Å². The van der Waals surface area contributed by atoms with Gasteiger partial charge in [0.15, 0.2) is 6.29 Å². The summed E-state index contributed by atoms with van der Waals surface area (Å²) >= 11 is 0. The van der Waals surface area contributed by atoms with Crippen molar-refractivity contribution in [1.82, 2.24) is 5.32 Å². The number of ether oxygens (including phenoxy) is 2. The highest BCUT2D eigenvalue weighted by atomic mass is 16.7. The van der Waals surface area contributed by atoms with Crippen molar-refractivity contribution < 1.29 is 39.8 Å². The van der Waals surface area contributed by atoms with E-state index in [2.05, 4.69) is 79.9 Å². The number of hydrogen-bond acceptors (Lipinski definition) is 8. The Morgan fingerprint density at radius 1 is 0.557 bits per heavy atom. The Balaban J connectivity index is 2.39. The Hall–Kier alpha value is -2.37. The summed E-state index contributed by atoms with van der Waals surface area (Å²) in [6, 6.07) is -0.838. The third-order valence-electron chi connectivity index (χ3n) is 11.2. The average Bonchev–Trinajstić information content (AvgIpc) is 3.26. The van der Waals surface area contributed by atoms with Crippen molar-refractivity contribution in [1.29, 1.82) is 0 Å². The zero-order valence-corrected chi connectivity index (χ0v) is 38.6. The number of rotatable bonds is 40. The van der Waals surface area contributed by atoms with Crippen molar-refractivity contribution in [3.63, 3.8) is 0 Å². The van der Waals surface area contributed by atoms with E-state index in [4.69, 9.17) is 9.47 Å². The van der Waals surface area contributed by atoms with Gasteiger partial charge in [-0.25, -0.2) is 0 Å². The molecule has 1 saturated heterocycles. The van der Waals surface area contributed by atoms with Gasteiger partial charge in [0.2, 0.25) is 5.91 Å². The maximum atomic E-state index is 13.0. The van der Waals surface area contributed by atoms with Crippen LogP contribution in [0.2, 0.25) is 0 Å². The van der Waals surface area contributed by atoms with Gasteiger partial charge >= 0.3 is 0 Å². The first-order valence-electron chi connectivity index (χ1n) is 24.7. The van der Waals surface area contributed by atoms with Gasteiger partial charge in [0, 0.05) is 6.42 Å². The van der Waals surface area contributed by atoms with E-state index < -0.39 is 49.5 Å². The summed E-state index contributed by atoms with van der Waals surface area (Å²) in [5.74, 6) is -0.206. The van der Waals surface area contributed by atoms with Gasteiger partial charge in [0.1, 0.15) is 24.4 Å². The number of carbonyl (C=O) groups excluding carboxylic acids is 1. The number of aliphatic hydroxyl groups excluding tert-OH is 5. The zero-order chi connectivity index (χ0) is 44.4. The van der Waals surface area contributed by atoms with Gasteiger partial charge in [0.25, 0.3) is 0 Å². The van der Waals surface area contributed by atoms with Crippen LogP contribution in [-0.2, 0) is 14.3 Å². The minimum absolute atomic E-state index is 0.206. The van der Waals surface area contributed by atoms with Crippen molar-refractivity contribution in [3.05, 3.63) is 72.9 Å². The quantitative estimate of drug-likeness (QED) is 0.0264. The van der Waals surface area contributed by atoms with E-state index in [1.807, 2.05) is 6.08 Å². The van der Waals surface area contributed by atoms with Crippen molar-refractivity contribution >= 4 is 5.91 Å². The Kier molecular flexibility index (Phi) is 38.7. The van der Waals surface area contributed by atoms with Crippen LogP contribution in [0, 0.1) is 0 Å². The van der Waals surface area contributed by atoms with Gasteiger partial charge in [-0.2, -0.15) is 0 Å². The standard InChI is InChI=1S/C52H91NO8/c1-3-5-7-9-11-13-15-17-19-21-23-25-27-29-31-33-35-37-39-41-46(55)45(44-60-52-51(59)50(58)49(57)47(43-54)61-52)53-48(56)42-40-38-36-34-32-30-28-26-24-22-20-18-16-14-12-10-8-6-4-2/h12,14,18,20,23-26,31,33,39,41,45-47,49-52,54-55,57-59H,3-11,13,15-17,19,21-22,27-30,32,34-38,40,42-44H2,1-2H3,(H,53,56)/b14-12-,20-18-,25-23+,26-24-,33-31+,41-39+. The fourth-order valence-corrected chi connectivity index (χ4v) is 7.25. The van der Waals surface area contributed by atoms with Crippen molar-refractivity contribution in [2.24, 2.45) is 0 Å². The van der Waals surface area contributed by atoms with Crippen molar-refractivity contribution in [2.75, 3.05) is 13.2 Å². The molecule has 0 radical (unpaired) electrons. The van der Waals surface area contributed by atoms with Gasteiger partial charge in [-0.1, -0.05) is 177 Å². The van der Waals surface area contributed by atoms with E-state index >= 15 is 0 Å². The Bertz CT molecular complexity index is 1180. The first-order chi connectivity index (χ1) is 29.8. The second kappa shape index (κ2) is 41.6. The highest BCUT2D eigenvalue weighted by Gasteiger charge is 2.44. The molecule has 0 aromatic carbocycles. The summed E-state index contributed by atoms with van der Waals surface area (Å²) in [6.07, 6.45) is 49.4. The maximum Gasteiger partial charge on any atom is 0.220 e. The monoisotopic (exact) mass is 858 g/mol. The van der Waals surface area contributed by atoms with Crippen LogP contribution in [-0.4, -0.2) is 87.5 Å². The lowest BCUT2D eigenvalue weighted by Gasteiger charge is -2.40. The molecule has 9 nitrogen and oxygen atoms in total. The topological polar surface area (TPSA) is 149 Å². The molecule has 1 heterocycles. The van der Waals surface area contributed by atoms with Crippen molar-refractivity contribution in [2.45, 2.75) is 236 Å². The lowest BCUT2D eigenvalue weighted by molar-refractivity contribution is -0.302. The number of aliphatic hydroxyl groups is 5. The number of carbonyl (C=O) groups is 1. The Labute approximate surface area is 372 Å². The summed E-state index contributed by atoms with van der Waals surface area (Å²) in [6.45, 7) is 3.71. The van der Waals surface area contributed by atoms with Crippen LogP contribution in [0.25, 0.3) is 0 Å². The molecule has 0 aromatic rings. The number of unbranched alkanes of at least 4 members (excludes halogenated alkanes) is 20. The molecule has 0 aromatic heterocycles. The zero-order valence-electron chi connectivity index (χ0n) is 38.6. The molecular formula is C52H91NO8. The fraction of sp³-hybridized carbons (Fsp3) is 0.750. The predicted molar refractivity (Wildman–Crippen MR) is 253 cm³/mol. The van der Waals surface area contributed by atoms with E-state index in [9.17, 15) is 30.3 Å². The Morgan fingerprint density at radius 2 is 0.984 bits per heavy atom. The van der Waals surface area contributed by atoms with E-state index in [-0.39, 0.29) is 12.5 Å². The summed E-state index contributed by atoms with van der Waals surface area (Å²) in [7, 11) is 0. The Morgan fingerprint density at radius 3 is 1.52 bits per heavy atom. The van der Waals surface area contributed by atoms with Crippen LogP contribution >= 0.6 is 0 Å². The predicted octanol–water partition coefficient (Wildman–Crippen LogP) is 10.9. The van der Waals surface area contributed by atoms with Gasteiger partial charge in [-0.15, -0.1) is 0 Å². The third-order valence-corrected chi connectivity index (χ3v) is 11.2. The number of amides is 1. The van der Waals surface area contributed by atoms with Crippen LogP contribution in [0.1, 0.15) is 194 Å². The first kappa shape index (κ1) is 56.6. The van der Waals surface area contributed by atoms with Crippen molar-refractivity contribution in [3.8, 4) is 0 Å². The maximum absolute atomic E-state index is 13.0. The highest BCUT2D eigenvalue weighted by molar-refractivity contribution is 5.76. The second-order valence-corrected chi connectivity index (χ2v) is 16.9. The number of hydrogen-bond donors (Lipinski definition) is 6. The van der Waals surface area contributed by atoms with Crippen LogP contribution in [0.4, 0.5) is 0 Å². The van der Waals surface area contributed by atoms with Gasteiger partial charge in [-0.3, -0.25) is 4.79 Å². The molecule has 1 aliphatic rings. The minimum Gasteiger partial charge on any atom is -0.394 e. The highest BCUT2D eigenvalue weighted by Crippen LogP contribution is 2.22. The fourth-order valence-electron chi connectivity index (χ4n) is 7.25. The molecule has 6 N–H and O–H groups in total. The molecule has 1 fully saturated rings. The van der Waals surface area contributed by atoms with Gasteiger partial charge in [0.05, 0.1) is 25.4 Å². The first-order valence-corrected chi connectivity index (χ1v) is 24.7. The van der Waals surface area contributed by atoms with E-state index in [1.54, 1.807) is 6.08 Å². The van der Waals surface area contributed by atoms with Crippen LogP contribution in [0.5, 0.6) is 0 Å². The molecular weight excluding hydrogens is 767 g/mol.